The Balaban J connectivity index is 0.991. The standard InChI is InChI=1S/C42H44F5N7O6S/c1-26-22-27(2)53-33(26)24-30-14-13-29(54(30)61(53,46)47)15-17-38(55)48-19-8-5-9-20-52-39-32(50-40(56)31-10-6-7-11-35(31)60-42(43,44)45)18-21-51(34(39)25-49-52)41(57)28-12-16-36(58-3)37(23-28)59-4/h6-7,10-14,16,22-25,32H,5,8-9,15,17-21H2,1-4H3,(H-,48,50,55,56)/p+1/t32-/m1/s1. The first-order valence-electron chi connectivity index (χ1n) is 19.6. The molecule has 0 fully saturated rings. The molecule has 0 saturated carbocycles. The number of hydrogen-bond acceptors (Lipinski definition) is 7. The maximum Gasteiger partial charge on any atom is 0.573 e. The van der Waals surface area contributed by atoms with E-state index in [9.17, 15) is 27.6 Å². The third-order valence-corrected chi connectivity index (χ3v) is 12.5. The number of benzene rings is 2. The summed E-state index contributed by atoms with van der Waals surface area (Å²) in [6.07, 6.45) is 3.79. The van der Waals surface area contributed by atoms with Crippen molar-refractivity contribution in [1.82, 2.24) is 24.4 Å². The summed E-state index contributed by atoms with van der Waals surface area (Å²) in [4.78, 5) is 41.8. The molecule has 61 heavy (non-hydrogen) atoms. The number of nitrogens with one attached hydrogen (secondary N) is 2. The molecule has 0 bridgehead atoms. The number of alkyl halides is 3. The van der Waals surface area contributed by atoms with Gasteiger partial charge >= 0.3 is 17.5 Å². The lowest BCUT2D eigenvalue weighted by molar-refractivity contribution is -0.302. The summed E-state index contributed by atoms with van der Waals surface area (Å²) >= 11 is -4.38. The zero-order valence-electron chi connectivity index (χ0n) is 33.9. The van der Waals surface area contributed by atoms with Gasteiger partial charge in [-0.2, -0.15) is 5.10 Å². The highest BCUT2D eigenvalue weighted by atomic mass is 32.3. The Labute approximate surface area is 350 Å². The quantitative estimate of drug-likeness (QED) is 0.0701. The van der Waals surface area contributed by atoms with Gasteiger partial charge in [-0.1, -0.05) is 23.9 Å². The SMILES string of the molecule is COc1ccc(C(=O)N2CC[C@@H](NC(=O)c3ccccc3OC(F)(F)F)c3c2cnn3CCCCCNC(=O)CCC2=[N+]3C(=Cc4c(C)cc(C)n4S3(F)F)C=C2)cc1OC. The molecule has 4 aromatic rings. The molecule has 3 aliphatic rings. The minimum Gasteiger partial charge on any atom is -0.493 e. The number of allylic oxidation sites excluding steroid dienone is 2. The van der Waals surface area contributed by atoms with E-state index < -0.39 is 35.2 Å². The maximum absolute atomic E-state index is 15.8. The predicted molar refractivity (Wildman–Crippen MR) is 219 cm³/mol. The second-order valence-electron chi connectivity index (χ2n) is 14.7. The molecular formula is C42H45F5N7O6S+. The number of hydrogen-bond donors (Lipinski definition) is 2. The van der Waals surface area contributed by atoms with Crippen molar-refractivity contribution in [3.8, 4) is 17.2 Å². The molecule has 1 atom stereocenters. The Bertz CT molecular complexity index is 2460. The van der Waals surface area contributed by atoms with Crippen LogP contribution in [0, 0.1) is 13.8 Å². The summed E-state index contributed by atoms with van der Waals surface area (Å²) < 4.78 is 89.8. The van der Waals surface area contributed by atoms with E-state index in [-0.39, 0.29) is 43.2 Å². The molecule has 2 aromatic carbocycles. The first kappa shape index (κ1) is 43.0. The molecule has 0 spiro atoms. The average molecular weight is 871 g/mol. The van der Waals surface area contributed by atoms with Crippen molar-refractivity contribution in [2.45, 2.75) is 71.3 Å². The van der Waals surface area contributed by atoms with Crippen molar-refractivity contribution in [2.24, 2.45) is 0 Å². The van der Waals surface area contributed by atoms with Gasteiger partial charge in [-0.15, -0.1) is 13.2 Å². The lowest BCUT2D eigenvalue weighted by atomic mass is 10.0. The van der Waals surface area contributed by atoms with Crippen LogP contribution in [0.15, 0.2) is 72.6 Å². The molecule has 13 nitrogen and oxygen atoms in total. The summed E-state index contributed by atoms with van der Waals surface area (Å²) in [5.74, 6) is -1.29. The van der Waals surface area contributed by atoms with Gasteiger partial charge in [-0.25, -0.2) is 3.97 Å². The van der Waals surface area contributed by atoms with Crippen molar-refractivity contribution in [3.05, 3.63) is 106 Å². The Hall–Kier alpha value is -6.11. The Morgan fingerprint density at radius 2 is 1.74 bits per heavy atom. The van der Waals surface area contributed by atoms with Crippen molar-refractivity contribution < 1.29 is 53.5 Å². The van der Waals surface area contributed by atoms with E-state index >= 15 is 7.77 Å². The van der Waals surface area contributed by atoms with E-state index in [0.29, 0.717) is 83.6 Å². The van der Waals surface area contributed by atoms with Gasteiger partial charge in [0.2, 0.25) is 17.3 Å². The molecule has 7 rings (SSSR count). The zero-order chi connectivity index (χ0) is 43.6. The van der Waals surface area contributed by atoms with Crippen molar-refractivity contribution >= 4 is 46.4 Å². The van der Waals surface area contributed by atoms with Gasteiger partial charge in [0, 0.05) is 62.0 Å². The van der Waals surface area contributed by atoms with Crippen LogP contribution in [-0.2, 0) is 11.3 Å². The third-order valence-electron chi connectivity index (χ3n) is 10.7. The smallest absolute Gasteiger partial charge is 0.493 e. The number of carbonyl (C=O) groups excluding carboxylic acids is 3. The summed E-state index contributed by atoms with van der Waals surface area (Å²) in [7, 11) is 2.93. The zero-order valence-corrected chi connectivity index (χ0v) is 34.7. The number of halogens is 5. The number of unbranched alkanes of at least 4 members (excludes halogenated alkanes) is 2. The lowest BCUT2D eigenvalue weighted by Crippen LogP contribution is -2.41. The minimum absolute atomic E-state index is 0.0351. The van der Waals surface area contributed by atoms with E-state index in [0.717, 1.165) is 19.6 Å². The average Bonchev–Trinajstić information content (AvgIpc) is 3.93. The van der Waals surface area contributed by atoms with Crippen LogP contribution in [-0.4, -0.2) is 74.8 Å². The predicted octanol–water partition coefficient (Wildman–Crippen LogP) is 8.14. The summed E-state index contributed by atoms with van der Waals surface area (Å²) in [5, 5.41) is 10.3. The molecule has 19 heteroatoms. The second-order valence-corrected chi connectivity index (χ2v) is 16.2. The largest absolute Gasteiger partial charge is 0.573 e. The fraction of sp³-hybridized carbons (Fsp3) is 0.357. The molecule has 0 radical (unpaired) electrons. The highest BCUT2D eigenvalue weighted by Crippen LogP contribution is 2.61. The Morgan fingerprint density at radius 1 is 0.967 bits per heavy atom. The van der Waals surface area contributed by atoms with Crippen LogP contribution in [0.25, 0.3) is 6.08 Å². The van der Waals surface area contributed by atoms with Crippen LogP contribution in [0.3, 0.4) is 0 Å². The number of carbonyl (C=O) groups is 3. The first-order chi connectivity index (χ1) is 29.1. The molecule has 3 aliphatic heterocycles. The van der Waals surface area contributed by atoms with Crippen LogP contribution >= 0.6 is 11.2 Å². The molecule has 0 aliphatic carbocycles. The van der Waals surface area contributed by atoms with Gasteiger partial charge in [0.1, 0.15) is 5.75 Å². The highest BCUT2D eigenvalue weighted by molar-refractivity contribution is 8.18. The van der Waals surface area contributed by atoms with E-state index in [1.54, 1.807) is 54.1 Å². The monoisotopic (exact) mass is 870 g/mol. The number of aryl methyl sites for hydroxylation is 3. The van der Waals surface area contributed by atoms with E-state index in [1.165, 1.54) is 43.5 Å². The first-order valence-corrected chi connectivity index (χ1v) is 21.0. The number of fused-ring (bicyclic) bond motifs is 3. The van der Waals surface area contributed by atoms with E-state index in [1.807, 2.05) is 6.92 Å². The molecule has 324 valence electrons. The van der Waals surface area contributed by atoms with Crippen LogP contribution in [0.2, 0.25) is 0 Å². The molecule has 2 N–H and O–H groups in total. The summed E-state index contributed by atoms with van der Waals surface area (Å²) in [6, 6.07) is 10.8. The number of nitrogens with zero attached hydrogens (tertiary/aromatic N) is 5. The Kier molecular flexibility index (Phi) is 12.3. The molecule has 3 amide bonds. The lowest BCUT2D eigenvalue weighted by Gasteiger charge is -2.33. The van der Waals surface area contributed by atoms with Crippen molar-refractivity contribution in [2.75, 3.05) is 32.2 Å². The summed E-state index contributed by atoms with van der Waals surface area (Å²) in [6.45, 7) is 4.34. The number of methoxy groups -OCH3 is 2. The van der Waals surface area contributed by atoms with Crippen LogP contribution in [0.5, 0.6) is 17.2 Å². The number of ether oxygens (including phenoxy) is 3. The van der Waals surface area contributed by atoms with Gasteiger partial charge in [0.25, 0.3) is 11.8 Å². The van der Waals surface area contributed by atoms with Crippen LogP contribution in [0.4, 0.5) is 26.6 Å². The summed E-state index contributed by atoms with van der Waals surface area (Å²) in [5.41, 5.74) is 3.46. The van der Waals surface area contributed by atoms with Gasteiger partial charge in [-0.3, -0.25) is 19.1 Å². The third kappa shape index (κ3) is 8.87. The van der Waals surface area contributed by atoms with Gasteiger partial charge in [0.05, 0.1) is 49.1 Å². The molecule has 5 heterocycles. The van der Waals surface area contributed by atoms with E-state index in [4.69, 9.17) is 9.47 Å². The normalized spacial score (nSPS) is 16.9. The number of aromatic nitrogens is 3. The van der Waals surface area contributed by atoms with Crippen molar-refractivity contribution in [3.63, 3.8) is 0 Å². The van der Waals surface area contributed by atoms with Gasteiger partial charge < -0.3 is 29.7 Å². The fourth-order valence-electron chi connectivity index (χ4n) is 7.87. The number of rotatable bonds is 15. The second kappa shape index (κ2) is 17.5. The van der Waals surface area contributed by atoms with E-state index in [2.05, 4.69) is 20.5 Å². The molecular weight excluding hydrogens is 826 g/mol. The molecule has 0 unspecified atom stereocenters. The van der Waals surface area contributed by atoms with Crippen molar-refractivity contribution in [1.29, 1.82) is 0 Å². The Morgan fingerprint density at radius 3 is 2.49 bits per heavy atom. The number of anilines is 1. The molecule has 2 aromatic heterocycles. The highest BCUT2D eigenvalue weighted by Gasteiger charge is 2.50. The molecule has 0 saturated heterocycles. The number of para-hydroxylation sites is 1. The topological polar surface area (TPSA) is 132 Å². The van der Waals surface area contributed by atoms with Crippen LogP contribution < -0.4 is 29.7 Å². The fourth-order valence-corrected chi connectivity index (χ4v) is 9.67. The van der Waals surface area contributed by atoms with Crippen LogP contribution in [0.1, 0.15) is 87.9 Å². The number of amides is 3. The van der Waals surface area contributed by atoms with Gasteiger partial charge in [0.15, 0.2) is 11.5 Å². The maximum atomic E-state index is 15.8. The minimum atomic E-state index is -5.02. The van der Waals surface area contributed by atoms with Gasteiger partial charge in [-0.05, 0) is 81.5 Å².